The molecular weight excluding hydrogens is 402 g/mol. The van der Waals surface area contributed by atoms with Crippen molar-refractivity contribution < 1.29 is 4.79 Å². The second-order valence-corrected chi connectivity index (χ2v) is 8.60. The minimum absolute atomic E-state index is 0.0754. The number of nitrogens with zero attached hydrogens (tertiary/aromatic N) is 4. The van der Waals surface area contributed by atoms with Crippen LogP contribution in [0.3, 0.4) is 0 Å². The van der Waals surface area contributed by atoms with Crippen LogP contribution in [0.2, 0.25) is 0 Å². The molecule has 1 N–H and O–H groups in total. The van der Waals surface area contributed by atoms with Crippen molar-refractivity contribution in [3.63, 3.8) is 0 Å². The second-order valence-electron chi connectivity index (χ2n) is 7.63. The standard InChI is InChI=1S/C21H25N5O3S/c1-12(2)10-26-18-17(20(28)25(5)21(26)29)19(23-14(4)22-18)30-11-16(27)24-15-8-6-7-13(3)9-15/h6-9,12H,10-11H2,1-5H3,(H,24,27). The predicted octanol–water partition coefficient (Wildman–Crippen LogP) is 2.49. The fraction of sp³-hybridized carbons (Fsp3) is 0.381. The highest BCUT2D eigenvalue weighted by Crippen LogP contribution is 2.23. The molecule has 0 aliphatic carbocycles. The number of aryl methyl sites for hydroxylation is 2. The first-order chi connectivity index (χ1) is 14.2. The molecule has 0 unspecified atom stereocenters. The summed E-state index contributed by atoms with van der Waals surface area (Å²) in [6.07, 6.45) is 0. The van der Waals surface area contributed by atoms with E-state index in [-0.39, 0.29) is 23.0 Å². The summed E-state index contributed by atoms with van der Waals surface area (Å²) in [5.74, 6) is 0.498. The molecule has 0 atom stereocenters. The van der Waals surface area contributed by atoms with Gasteiger partial charge in [-0.05, 0) is 37.5 Å². The number of carbonyl (C=O) groups is 1. The molecule has 9 heteroatoms. The zero-order valence-electron chi connectivity index (χ0n) is 17.7. The summed E-state index contributed by atoms with van der Waals surface area (Å²) in [4.78, 5) is 46.7. The van der Waals surface area contributed by atoms with Crippen LogP contribution in [0.25, 0.3) is 11.0 Å². The molecule has 2 heterocycles. The molecular formula is C21H25N5O3S. The Morgan fingerprint density at radius 2 is 1.93 bits per heavy atom. The quantitative estimate of drug-likeness (QED) is 0.479. The Bertz CT molecular complexity index is 1230. The molecule has 0 radical (unpaired) electrons. The van der Waals surface area contributed by atoms with Gasteiger partial charge in [-0.3, -0.25) is 18.7 Å². The molecule has 0 bridgehead atoms. The average molecular weight is 428 g/mol. The maximum absolute atomic E-state index is 12.8. The number of rotatable bonds is 6. The summed E-state index contributed by atoms with van der Waals surface area (Å²) >= 11 is 1.16. The molecule has 0 spiro atoms. The molecule has 1 amide bonds. The smallest absolute Gasteiger partial charge is 0.325 e. The van der Waals surface area contributed by atoms with E-state index >= 15 is 0 Å². The second kappa shape index (κ2) is 8.83. The van der Waals surface area contributed by atoms with Crippen LogP contribution in [0.15, 0.2) is 38.9 Å². The van der Waals surface area contributed by atoms with E-state index in [1.807, 2.05) is 45.0 Å². The van der Waals surface area contributed by atoms with Gasteiger partial charge in [0.15, 0.2) is 5.65 Å². The Hall–Kier alpha value is -2.94. The van der Waals surface area contributed by atoms with Crippen molar-refractivity contribution in [2.75, 3.05) is 11.1 Å². The number of aromatic nitrogens is 4. The van der Waals surface area contributed by atoms with Gasteiger partial charge < -0.3 is 5.32 Å². The largest absolute Gasteiger partial charge is 0.332 e. The number of amides is 1. The molecule has 3 aromatic rings. The van der Waals surface area contributed by atoms with Crippen LogP contribution in [0, 0.1) is 19.8 Å². The van der Waals surface area contributed by atoms with Crippen molar-refractivity contribution >= 4 is 34.4 Å². The van der Waals surface area contributed by atoms with Gasteiger partial charge in [0, 0.05) is 19.3 Å². The number of fused-ring (bicyclic) bond motifs is 1. The van der Waals surface area contributed by atoms with Crippen molar-refractivity contribution in [2.24, 2.45) is 13.0 Å². The van der Waals surface area contributed by atoms with E-state index in [0.29, 0.717) is 28.7 Å². The first-order valence-electron chi connectivity index (χ1n) is 9.65. The monoisotopic (exact) mass is 427 g/mol. The van der Waals surface area contributed by atoms with E-state index in [4.69, 9.17) is 0 Å². The number of benzene rings is 1. The molecule has 0 aliphatic heterocycles. The van der Waals surface area contributed by atoms with Crippen molar-refractivity contribution in [1.29, 1.82) is 0 Å². The normalized spacial score (nSPS) is 11.3. The lowest BCUT2D eigenvalue weighted by molar-refractivity contribution is -0.113. The number of carbonyl (C=O) groups excluding carboxylic acids is 1. The molecule has 30 heavy (non-hydrogen) atoms. The first-order valence-corrected chi connectivity index (χ1v) is 10.6. The van der Waals surface area contributed by atoms with Gasteiger partial charge in [0.25, 0.3) is 5.56 Å². The van der Waals surface area contributed by atoms with Crippen molar-refractivity contribution in [3.8, 4) is 0 Å². The average Bonchev–Trinajstić information content (AvgIpc) is 2.67. The zero-order valence-corrected chi connectivity index (χ0v) is 18.5. The Morgan fingerprint density at radius 3 is 2.60 bits per heavy atom. The van der Waals surface area contributed by atoms with Crippen LogP contribution in [0.1, 0.15) is 25.2 Å². The minimum Gasteiger partial charge on any atom is -0.325 e. The van der Waals surface area contributed by atoms with Gasteiger partial charge >= 0.3 is 5.69 Å². The Labute approximate surface area is 178 Å². The third-order valence-electron chi connectivity index (χ3n) is 4.45. The predicted molar refractivity (Wildman–Crippen MR) is 119 cm³/mol. The number of hydrogen-bond acceptors (Lipinski definition) is 6. The maximum atomic E-state index is 12.8. The van der Waals surface area contributed by atoms with Crippen LogP contribution in [-0.4, -0.2) is 30.8 Å². The zero-order chi connectivity index (χ0) is 22.0. The van der Waals surface area contributed by atoms with Gasteiger partial charge in [0.2, 0.25) is 5.91 Å². The summed E-state index contributed by atoms with van der Waals surface area (Å²) in [6.45, 7) is 8.06. The number of thioether (sulfide) groups is 1. The van der Waals surface area contributed by atoms with Crippen LogP contribution in [-0.2, 0) is 18.4 Å². The fourth-order valence-corrected chi connectivity index (χ4v) is 3.99. The third-order valence-corrected chi connectivity index (χ3v) is 5.43. The van der Waals surface area contributed by atoms with E-state index in [0.717, 1.165) is 21.9 Å². The van der Waals surface area contributed by atoms with E-state index in [1.165, 1.54) is 11.6 Å². The maximum Gasteiger partial charge on any atom is 0.332 e. The molecule has 0 saturated heterocycles. The SMILES string of the molecule is Cc1cccc(NC(=O)CSc2nc(C)nc3c2c(=O)n(C)c(=O)n3CC(C)C)c1. The molecule has 1 aromatic carbocycles. The van der Waals surface area contributed by atoms with E-state index in [9.17, 15) is 14.4 Å². The Morgan fingerprint density at radius 1 is 1.20 bits per heavy atom. The molecule has 0 aliphatic rings. The fourth-order valence-electron chi connectivity index (χ4n) is 3.13. The first kappa shape index (κ1) is 21.8. The highest BCUT2D eigenvalue weighted by Gasteiger charge is 2.19. The van der Waals surface area contributed by atoms with Gasteiger partial charge in [0.05, 0.1) is 5.75 Å². The lowest BCUT2D eigenvalue weighted by Crippen LogP contribution is -2.39. The van der Waals surface area contributed by atoms with E-state index < -0.39 is 11.2 Å². The topological polar surface area (TPSA) is 98.9 Å². The highest BCUT2D eigenvalue weighted by molar-refractivity contribution is 8.00. The number of hydrogen-bond donors (Lipinski definition) is 1. The molecule has 0 fully saturated rings. The summed E-state index contributed by atoms with van der Waals surface area (Å²) in [6, 6.07) is 7.52. The van der Waals surface area contributed by atoms with Gasteiger partial charge in [-0.1, -0.05) is 37.7 Å². The number of anilines is 1. The summed E-state index contributed by atoms with van der Waals surface area (Å²) in [5, 5.41) is 3.51. The Balaban J connectivity index is 1.98. The summed E-state index contributed by atoms with van der Waals surface area (Å²) in [5.41, 5.74) is 1.20. The molecule has 3 rings (SSSR count). The molecule has 158 valence electrons. The van der Waals surface area contributed by atoms with Gasteiger partial charge in [0.1, 0.15) is 16.2 Å². The molecule has 8 nitrogen and oxygen atoms in total. The minimum atomic E-state index is -0.461. The molecule has 0 saturated carbocycles. The lowest BCUT2D eigenvalue weighted by Gasteiger charge is -2.15. The summed E-state index contributed by atoms with van der Waals surface area (Å²) < 4.78 is 2.58. The number of nitrogens with one attached hydrogen (secondary N) is 1. The van der Waals surface area contributed by atoms with Crippen molar-refractivity contribution in [3.05, 3.63) is 56.5 Å². The summed E-state index contributed by atoms with van der Waals surface area (Å²) in [7, 11) is 1.44. The Kier molecular flexibility index (Phi) is 6.40. The van der Waals surface area contributed by atoms with E-state index in [2.05, 4.69) is 15.3 Å². The van der Waals surface area contributed by atoms with Crippen LogP contribution in [0.4, 0.5) is 5.69 Å². The van der Waals surface area contributed by atoms with Gasteiger partial charge in [-0.2, -0.15) is 0 Å². The van der Waals surface area contributed by atoms with Gasteiger partial charge in [-0.25, -0.2) is 14.8 Å². The van der Waals surface area contributed by atoms with Crippen molar-refractivity contribution in [1.82, 2.24) is 19.1 Å². The third kappa shape index (κ3) is 4.62. The highest BCUT2D eigenvalue weighted by atomic mass is 32.2. The lowest BCUT2D eigenvalue weighted by atomic mass is 10.2. The van der Waals surface area contributed by atoms with Gasteiger partial charge in [-0.15, -0.1) is 0 Å². The van der Waals surface area contributed by atoms with Crippen LogP contribution in [0.5, 0.6) is 0 Å². The van der Waals surface area contributed by atoms with Crippen molar-refractivity contribution in [2.45, 2.75) is 39.3 Å². The van der Waals surface area contributed by atoms with E-state index in [1.54, 1.807) is 6.92 Å². The molecule has 2 aromatic heterocycles. The van der Waals surface area contributed by atoms with Crippen LogP contribution >= 0.6 is 11.8 Å². The van der Waals surface area contributed by atoms with Crippen LogP contribution < -0.4 is 16.6 Å².